The Morgan fingerprint density at radius 2 is 1.34 bits per heavy atom. The number of fused-ring (bicyclic) bond motifs is 2. The van der Waals surface area contributed by atoms with Crippen molar-refractivity contribution < 1.29 is 28.7 Å². The molecule has 0 bridgehead atoms. The summed E-state index contributed by atoms with van der Waals surface area (Å²) in [7, 11) is 2.58. The Morgan fingerprint density at radius 1 is 0.776 bits per heavy atom. The van der Waals surface area contributed by atoms with Crippen molar-refractivity contribution in [3.05, 3.63) is 81.7 Å². The van der Waals surface area contributed by atoms with Crippen LogP contribution in [-0.2, 0) is 30.9 Å². The van der Waals surface area contributed by atoms with E-state index in [1.54, 1.807) is 4.90 Å². The van der Waals surface area contributed by atoms with E-state index in [0.29, 0.717) is 41.7 Å². The maximum atomic E-state index is 13.9. The van der Waals surface area contributed by atoms with Gasteiger partial charge in [-0.2, -0.15) is 0 Å². The SMILES string of the molecule is COC(=O)N[C@H](C(=O)N1CCC[C@H]1c1nc2c([nH]1)C=CC(Cl)([C@H]1CC[C@H](c3ccc4[nH]c([C@@H]5CCCN5C(=O)[C@@H](NC(=O)OC)C(C)C)nc4c3Cl)N1c1ccc(C(C)(C)C)cc1)C2)C(C)C. The lowest BCUT2D eigenvalue weighted by molar-refractivity contribution is -0.136. The first-order valence-electron chi connectivity index (χ1n) is 23.7. The van der Waals surface area contributed by atoms with Crippen molar-refractivity contribution in [2.45, 2.75) is 140 Å². The summed E-state index contributed by atoms with van der Waals surface area (Å²) in [5.41, 5.74) is 6.28. The number of imidazole rings is 2. The van der Waals surface area contributed by atoms with E-state index in [9.17, 15) is 19.2 Å². The smallest absolute Gasteiger partial charge is 0.407 e. The lowest BCUT2D eigenvalue weighted by Gasteiger charge is -2.41. The molecule has 0 spiro atoms. The van der Waals surface area contributed by atoms with E-state index < -0.39 is 29.1 Å². The van der Waals surface area contributed by atoms with Crippen LogP contribution in [0, 0.1) is 11.8 Å². The third-order valence-electron chi connectivity index (χ3n) is 14.3. The van der Waals surface area contributed by atoms with Crippen LogP contribution in [0.15, 0.2) is 42.5 Å². The number of hydrogen-bond donors (Lipinski definition) is 4. The first kappa shape index (κ1) is 48.2. The number of aromatic nitrogens is 4. The molecule has 8 rings (SSSR count). The number of halogens is 2. The van der Waals surface area contributed by atoms with Crippen LogP contribution in [0.5, 0.6) is 0 Å². The zero-order valence-corrected chi connectivity index (χ0v) is 41.6. The van der Waals surface area contributed by atoms with Crippen LogP contribution in [-0.4, -0.2) is 104 Å². The maximum absolute atomic E-state index is 13.9. The number of rotatable bonds is 11. The number of aromatic amines is 2. The largest absolute Gasteiger partial charge is 0.453 e. The van der Waals surface area contributed by atoms with Crippen LogP contribution in [0.25, 0.3) is 17.1 Å². The normalized spacial score (nSPS) is 23.8. The summed E-state index contributed by atoms with van der Waals surface area (Å²) in [6.07, 6.45) is 7.93. The van der Waals surface area contributed by atoms with Crippen LogP contribution in [0.2, 0.25) is 5.02 Å². The number of benzene rings is 2. The van der Waals surface area contributed by atoms with Gasteiger partial charge in [0.05, 0.1) is 65.2 Å². The summed E-state index contributed by atoms with van der Waals surface area (Å²) < 4.78 is 9.67. The Bertz CT molecular complexity index is 2530. The molecule has 15 nitrogen and oxygen atoms in total. The minimum Gasteiger partial charge on any atom is -0.453 e. The molecule has 3 aliphatic heterocycles. The molecule has 4 N–H and O–H groups in total. The molecular formula is C50H65Cl2N9O6. The van der Waals surface area contributed by atoms with Gasteiger partial charge >= 0.3 is 12.2 Å². The first-order valence-corrected chi connectivity index (χ1v) is 24.4. The number of nitrogens with one attached hydrogen (secondary N) is 4. The average molecular weight is 959 g/mol. The summed E-state index contributed by atoms with van der Waals surface area (Å²) in [5.74, 6) is 0.736. The minimum atomic E-state index is -0.847. The molecule has 0 radical (unpaired) electrons. The van der Waals surface area contributed by atoms with Gasteiger partial charge in [0, 0.05) is 25.2 Å². The number of likely N-dealkylation sites (tertiary alicyclic amines) is 2. The van der Waals surface area contributed by atoms with Gasteiger partial charge in [0.2, 0.25) is 11.8 Å². The second-order valence-electron chi connectivity index (χ2n) is 20.3. The second-order valence-corrected chi connectivity index (χ2v) is 21.4. The predicted molar refractivity (Wildman–Crippen MR) is 260 cm³/mol. The number of alkyl carbamates (subject to hydrolysis) is 2. The summed E-state index contributed by atoms with van der Waals surface area (Å²) in [6, 6.07) is 10.5. The van der Waals surface area contributed by atoms with Crippen LogP contribution in [0.3, 0.4) is 0 Å². The van der Waals surface area contributed by atoms with Gasteiger partial charge in [-0.15, -0.1) is 11.6 Å². The molecule has 1 aliphatic carbocycles. The number of carbonyl (C=O) groups is 4. The Hall–Kier alpha value is -5.28. The number of hydrogen-bond acceptors (Lipinski definition) is 9. The van der Waals surface area contributed by atoms with Gasteiger partial charge < -0.3 is 44.8 Å². The third kappa shape index (κ3) is 9.34. The number of ether oxygens (including phenoxy) is 2. The van der Waals surface area contributed by atoms with Crippen molar-refractivity contribution >= 4 is 70.0 Å². The topological polar surface area (TPSA) is 178 Å². The molecule has 4 amide bonds. The number of carbonyl (C=O) groups excluding carboxylic acids is 4. The van der Waals surface area contributed by atoms with Gasteiger partial charge in [-0.05, 0) is 91.2 Å². The zero-order valence-electron chi connectivity index (χ0n) is 40.0. The lowest BCUT2D eigenvalue weighted by Crippen LogP contribution is -2.51. The fourth-order valence-corrected chi connectivity index (χ4v) is 11.3. The minimum absolute atomic E-state index is 0.0393. The maximum Gasteiger partial charge on any atom is 0.407 e. The van der Waals surface area contributed by atoms with Crippen molar-refractivity contribution in [3.8, 4) is 0 Å². The van der Waals surface area contributed by atoms with Crippen molar-refractivity contribution in [2.75, 3.05) is 32.2 Å². The van der Waals surface area contributed by atoms with E-state index in [0.717, 1.165) is 66.7 Å². The fourth-order valence-electron chi connectivity index (χ4n) is 10.6. The molecule has 2 aromatic heterocycles. The molecule has 4 aromatic rings. The highest BCUT2D eigenvalue weighted by Gasteiger charge is 2.49. The van der Waals surface area contributed by atoms with E-state index in [1.165, 1.54) is 19.8 Å². The molecule has 0 saturated carbocycles. The summed E-state index contributed by atoms with van der Waals surface area (Å²) in [6.45, 7) is 15.3. The van der Waals surface area contributed by atoms with Gasteiger partial charge in [0.25, 0.3) is 0 Å². The molecular weight excluding hydrogens is 894 g/mol. The summed E-state index contributed by atoms with van der Waals surface area (Å²) >= 11 is 15.4. The van der Waals surface area contributed by atoms with E-state index in [2.05, 4.69) is 82.7 Å². The molecule has 7 atom stereocenters. The number of amides is 4. The Balaban J connectivity index is 1.09. The van der Waals surface area contributed by atoms with Crippen LogP contribution in [0.4, 0.5) is 15.3 Å². The van der Waals surface area contributed by atoms with Crippen molar-refractivity contribution in [1.82, 2.24) is 40.4 Å². The molecule has 3 fully saturated rings. The monoisotopic (exact) mass is 957 g/mol. The van der Waals surface area contributed by atoms with Gasteiger partial charge in [0.1, 0.15) is 29.2 Å². The predicted octanol–water partition coefficient (Wildman–Crippen LogP) is 9.28. The van der Waals surface area contributed by atoms with E-state index in [4.69, 9.17) is 42.6 Å². The highest BCUT2D eigenvalue weighted by Crippen LogP contribution is 2.50. The third-order valence-corrected chi connectivity index (χ3v) is 15.2. The van der Waals surface area contributed by atoms with Crippen molar-refractivity contribution in [2.24, 2.45) is 11.8 Å². The fraction of sp³-hybridized carbons (Fsp3) is 0.560. The number of methoxy groups -OCH3 is 2. The standard InChI is InChI=1S/C50H65Cl2N9O6/c1-27(2)40(57-47(64)66-8)45(62)59-24-10-12-36(59)43-53-32-22-23-50(52,26-34(32)55-43)38-21-20-35(61(38)30-16-14-29(15-17-30)49(5,6)7)31-18-19-33-42(39(31)51)56-44(54-33)37-13-11-25-60(37)46(63)41(28(3)4)58-48(65)67-9/h14-19,22-23,27-28,35-38,40-41H,10-13,20-21,24-26H2,1-9H3,(H,53,55)(H,54,56)(H,57,64)(H,58,65)/t35-,36+,37+,38-,40+,41+,50?/m1/s1. The van der Waals surface area contributed by atoms with Gasteiger partial charge in [-0.3, -0.25) is 9.59 Å². The Morgan fingerprint density at radius 3 is 1.88 bits per heavy atom. The molecule has 67 heavy (non-hydrogen) atoms. The molecule has 3 saturated heterocycles. The lowest BCUT2D eigenvalue weighted by atomic mass is 9.86. The number of H-pyrrole nitrogens is 2. The Labute approximate surface area is 403 Å². The molecule has 360 valence electrons. The number of nitrogens with zero attached hydrogens (tertiary/aromatic N) is 5. The quantitative estimate of drug-likeness (QED) is 0.107. The summed E-state index contributed by atoms with van der Waals surface area (Å²) in [4.78, 5) is 74.8. The molecule has 4 aliphatic rings. The van der Waals surface area contributed by atoms with E-state index in [1.807, 2.05) is 44.7 Å². The van der Waals surface area contributed by atoms with Crippen molar-refractivity contribution in [1.29, 1.82) is 0 Å². The average Bonchev–Trinajstić information content (AvgIpc) is 4.15. The molecule has 5 heterocycles. The van der Waals surface area contributed by atoms with Gasteiger partial charge in [-0.25, -0.2) is 19.6 Å². The number of alkyl halides is 1. The molecule has 1 unspecified atom stereocenters. The highest BCUT2D eigenvalue weighted by molar-refractivity contribution is 6.36. The zero-order chi connectivity index (χ0) is 48.1. The van der Waals surface area contributed by atoms with Crippen LogP contribution < -0.4 is 15.5 Å². The molecule has 2 aromatic carbocycles. The first-order chi connectivity index (χ1) is 31.8. The van der Waals surface area contributed by atoms with Crippen LogP contribution >= 0.6 is 23.2 Å². The summed E-state index contributed by atoms with van der Waals surface area (Å²) in [5, 5.41) is 6.01. The molecule has 17 heteroatoms. The van der Waals surface area contributed by atoms with Crippen LogP contribution in [0.1, 0.15) is 139 Å². The Kier molecular flexibility index (Phi) is 13.7. The van der Waals surface area contributed by atoms with Crippen molar-refractivity contribution in [3.63, 3.8) is 0 Å². The number of anilines is 1. The highest BCUT2D eigenvalue weighted by atomic mass is 35.5. The van der Waals surface area contributed by atoms with Gasteiger partial charge in [0.15, 0.2) is 0 Å². The van der Waals surface area contributed by atoms with E-state index >= 15 is 0 Å². The second kappa shape index (κ2) is 19.0. The van der Waals surface area contributed by atoms with E-state index in [-0.39, 0.29) is 53.2 Å². The van der Waals surface area contributed by atoms with Gasteiger partial charge in [-0.1, -0.05) is 84.3 Å².